The second-order valence-electron chi connectivity index (χ2n) is 6.32. The maximum absolute atomic E-state index is 5.76. The van der Waals surface area contributed by atoms with Crippen molar-refractivity contribution >= 4 is 0 Å². The third-order valence-corrected chi connectivity index (χ3v) is 4.37. The van der Waals surface area contributed by atoms with Gasteiger partial charge >= 0.3 is 0 Å². The van der Waals surface area contributed by atoms with E-state index in [0.29, 0.717) is 24.3 Å². The first-order chi connectivity index (χ1) is 9.51. The van der Waals surface area contributed by atoms with Crippen molar-refractivity contribution in [3.05, 3.63) is 11.7 Å². The van der Waals surface area contributed by atoms with E-state index >= 15 is 0 Å². The van der Waals surface area contributed by atoms with Crippen molar-refractivity contribution < 1.29 is 9.26 Å². The summed E-state index contributed by atoms with van der Waals surface area (Å²) in [6.07, 6.45) is 0.962. The zero-order valence-electron chi connectivity index (χ0n) is 13.3. The van der Waals surface area contributed by atoms with Gasteiger partial charge in [0.15, 0.2) is 0 Å². The van der Waals surface area contributed by atoms with Gasteiger partial charge < -0.3 is 14.6 Å². The molecule has 1 N–H and O–H groups in total. The minimum absolute atomic E-state index is 0.0288. The molecule has 2 rings (SSSR count). The quantitative estimate of drug-likeness (QED) is 0.868. The van der Waals surface area contributed by atoms with E-state index in [1.54, 1.807) is 0 Å². The lowest BCUT2D eigenvalue weighted by atomic mass is 9.76. The molecule has 1 saturated heterocycles. The molecule has 5 nitrogen and oxygen atoms in total. The molecule has 0 spiro atoms. The summed E-state index contributed by atoms with van der Waals surface area (Å²) in [4.78, 5) is 4.68. The van der Waals surface area contributed by atoms with Gasteiger partial charge in [0.25, 0.3) is 0 Å². The summed E-state index contributed by atoms with van der Waals surface area (Å²) < 4.78 is 11.4. The zero-order valence-corrected chi connectivity index (χ0v) is 13.3. The van der Waals surface area contributed by atoms with E-state index in [1.807, 2.05) is 6.92 Å². The molecule has 0 amide bonds. The van der Waals surface area contributed by atoms with Crippen LogP contribution in [0.15, 0.2) is 4.52 Å². The molecule has 114 valence electrons. The topological polar surface area (TPSA) is 60.2 Å². The summed E-state index contributed by atoms with van der Waals surface area (Å²) in [6, 6.07) is 0. The van der Waals surface area contributed by atoms with Crippen LogP contribution in [0.25, 0.3) is 0 Å². The van der Waals surface area contributed by atoms with Gasteiger partial charge in [-0.05, 0) is 31.7 Å². The summed E-state index contributed by atoms with van der Waals surface area (Å²) in [6.45, 7) is 13.2. The number of hydrogen-bond donors (Lipinski definition) is 1. The highest BCUT2D eigenvalue weighted by atomic mass is 16.5. The van der Waals surface area contributed by atoms with Gasteiger partial charge in [-0.25, -0.2) is 0 Å². The van der Waals surface area contributed by atoms with Crippen LogP contribution in [0.4, 0.5) is 0 Å². The lowest BCUT2D eigenvalue weighted by molar-refractivity contribution is 0.0217. The Morgan fingerprint density at radius 2 is 2.10 bits per heavy atom. The molecular formula is C15H27N3O2. The van der Waals surface area contributed by atoms with E-state index in [0.717, 1.165) is 25.4 Å². The summed E-state index contributed by atoms with van der Waals surface area (Å²) in [5, 5.41) is 7.61. The molecule has 2 atom stereocenters. The zero-order chi connectivity index (χ0) is 14.8. The Kier molecular flexibility index (Phi) is 4.81. The van der Waals surface area contributed by atoms with Crippen LogP contribution >= 0.6 is 0 Å². The van der Waals surface area contributed by atoms with Gasteiger partial charge in [-0.1, -0.05) is 32.9 Å². The van der Waals surface area contributed by atoms with Crippen LogP contribution in [0.3, 0.4) is 0 Å². The van der Waals surface area contributed by atoms with Crippen molar-refractivity contribution in [1.82, 2.24) is 15.5 Å². The maximum Gasteiger partial charge on any atom is 0.234 e. The standard InChI is InChI=1S/C15H27N3O2/c1-6-19-12(10(2)3)13-17-14(20-18-13)15(11(4)5)7-8-16-9-15/h10-12,16H,6-9H2,1-5H3. The number of nitrogens with zero attached hydrogens (tertiary/aromatic N) is 2. The Hall–Kier alpha value is -0.940. The Balaban J connectivity index is 2.27. The summed E-state index contributed by atoms with van der Waals surface area (Å²) in [7, 11) is 0. The highest BCUT2D eigenvalue weighted by Gasteiger charge is 2.44. The predicted octanol–water partition coefficient (Wildman–Crippen LogP) is 2.69. The summed E-state index contributed by atoms with van der Waals surface area (Å²) in [5.74, 6) is 2.24. The molecule has 2 unspecified atom stereocenters. The van der Waals surface area contributed by atoms with Gasteiger partial charge in [0.05, 0.1) is 5.41 Å². The molecule has 1 aliphatic heterocycles. The fourth-order valence-corrected chi connectivity index (χ4v) is 2.93. The lowest BCUT2D eigenvalue weighted by Crippen LogP contribution is -2.35. The summed E-state index contributed by atoms with van der Waals surface area (Å²) >= 11 is 0. The Morgan fingerprint density at radius 1 is 1.35 bits per heavy atom. The molecule has 1 aromatic rings. The van der Waals surface area contributed by atoms with Crippen molar-refractivity contribution in [3.63, 3.8) is 0 Å². The fraction of sp³-hybridized carbons (Fsp3) is 0.867. The van der Waals surface area contributed by atoms with E-state index in [-0.39, 0.29) is 11.5 Å². The second-order valence-corrected chi connectivity index (χ2v) is 6.32. The van der Waals surface area contributed by atoms with Crippen LogP contribution < -0.4 is 5.32 Å². The van der Waals surface area contributed by atoms with Crippen LogP contribution in [-0.2, 0) is 10.2 Å². The number of hydrogen-bond acceptors (Lipinski definition) is 5. The minimum Gasteiger partial charge on any atom is -0.370 e. The normalized spacial score (nSPS) is 24.8. The Morgan fingerprint density at radius 3 is 2.60 bits per heavy atom. The molecule has 5 heteroatoms. The van der Waals surface area contributed by atoms with E-state index in [4.69, 9.17) is 9.26 Å². The van der Waals surface area contributed by atoms with Crippen molar-refractivity contribution in [2.24, 2.45) is 11.8 Å². The average molecular weight is 281 g/mol. The van der Waals surface area contributed by atoms with Gasteiger partial charge in [0, 0.05) is 13.2 Å². The van der Waals surface area contributed by atoms with Gasteiger partial charge in [0.2, 0.25) is 11.7 Å². The molecule has 0 aromatic carbocycles. The third-order valence-electron chi connectivity index (χ3n) is 4.37. The number of aromatic nitrogens is 2. The van der Waals surface area contributed by atoms with E-state index in [2.05, 4.69) is 43.2 Å². The smallest absolute Gasteiger partial charge is 0.234 e. The van der Waals surface area contributed by atoms with Crippen molar-refractivity contribution in [3.8, 4) is 0 Å². The average Bonchev–Trinajstić information content (AvgIpc) is 3.04. The molecule has 1 fully saturated rings. The molecule has 2 heterocycles. The highest BCUT2D eigenvalue weighted by Crippen LogP contribution is 2.37. The summed E-state index contributed by atoms with van der Waals surface area (Å²) in [5.41, 5.74) is -0.0288. The third kappa shape index (κ3) is 2.74. The molecule has 0 bridgehead atoms. The SMILES string of the molecule is CCOC(c1noc(C2(C(C)C)CCNC2)n1)C(C)C. The molecule has 1 aromatic heterocycles. The van der Waals surface area contributed by atoms with Crippen molar-refractivity contribution in [2.75, 3.05) is 19.7 Å². The van der Waals surface area contributed by atoms with Crippen LogP contribution in [0.5, 0.6) is 0 Å². The second kappa shape index (κ2) is 6.22. The van der Waals surface area contributed by atoms with E-state index in [1.165, 1.54) is 0 Å². The fourth-order valence-electron chi connectivity index (χ4n) is 2.93. The largest absolute Gasteiger partial charge is 0.370 e. The van der Waals surface area contributed by atoms with Gasteiger partial charge in [-0.2, -0.15) is 4.98 Å². The molecular weight excluding hydrogens is 254 g/mol. The van der Waals surface area contributed by atoms with Crippen LogP contribution in [-0.4, -0.2) is 29.8 Å². The number of rotatable bonds is 6. The monoisotopic (exact) mass is 281 g/mol. The predicted molar refractivity (Wildman–Crippen MR) is 77.5 cm³/mol. The van der Waals surface area contributed by atoms with Crippen molar-refractivity contribution in [2.45, 2.75) is 52.6 Å². The first kappa shape index (κ1) is 15.4. The Bertz CT molecular complexity index is 423. The maximum atomic E-state index is 5.76. The molecule has 20 heavy (non-hydrogen) atoms. The number of nitrogens with one attached hydrogen (secondary N) is 1. The van der Waals surface area contributed by atoms with Crippen molar-refractivity contribution in [1.29, 1.82) is 0 Å². The van der Waals surface area contributed by atoms with Crippen LogP contribution in [0.1, 0.15) is 58.9 Å². The molecule has 0 radical (unpaired) electrons. The number of ether oxygens (including phenoxy) is 1. The van der Waals surface area contributed by atoms with Gasteiger partial charge in [-0.15, -0.1) is 0 Å². The van der Waals surface area contributed by atoms with Crippen LogP contribution in [0.2, 0.25) is 0 Å². The Labute approximate surface area is 121 Å². The molecule has 1 aliphatic rings. The molecule has 0 aliphatic carbocycles. The first-order valence-electron chi connectivity index (χ1n) is 7.67. The van der Waals surface area contributed by atoms with Crippen LogP contribution in [0, 0.1) is 11.8 Å². The minimum atomic E-state index is -0.0870. The van der Waals surface area contributed by atoms with E-state index in [9.17, 15) is 0 Å². The lowest BCUT2D eigenvalue weighted by Gasteiger charge is -2.28. The van der Waals surface area contributed by atoms with Gasteiger partial charge in [-0.3, -0.25) is 0 Å². The first-order valence-corrected chi connectivity index (χ1v) is 7.67. The van der Waals surface area contributed by atoms with Gasteiger partial charge in [0.1, 0.15) is 6.10 Å². The highest BCUT2D eigenvalue weighted by molar-refractivity contribution is 5.12. The molecule has 0 saturated carbocycles. The van der Waals surface area contributed by atoms with E-state index < -0.39 is 0 Å².